The first kappa shape index (κ1) is 63.8. The van der Waals surface area contributed by atoms with Gasteiger partial charge in [0, 0.05) is 60.4 Å². The van der Waals surface area contributed by atoms with Gasteiger partial charge in [0.1, 0.15) is 22.3 Å². The Morgan fingerprint density at radius 2 is 0.734 bits per heavy atom. The van der Waals surface area contributed by atoms with E-state index in [1.165, 1.54) is 256 Å². The van der Waals surface area contributed by atoms with E-state index in [1.807, 2.05) is 0 Å². The average molecular weight is 1240 g/mol. The van der Waals surface area contributed by atoms with Gasteiger partial charge >= 0.3 is 0 Å². The molecule has 0 saturated heterocycles. The first-order valence-corrected chi connectivity index (χ1v) is 37.6. The molecule has 0 aliphatic heterocycles. The number of benzene rings is 9. The molecule has 0 unspecified atom stereocenters. The number of para-hydroxylation sites is 3. The number of anilines is 3. The Balaban J connectivity index is 0.959. The van der Waals surface area contributed by atoms with Crippen molar-refractivity contribution < 1.29 is 8.83 Å². The van der Waals surface area contributed by atoms with Gasteiger partial charge in [0.25, 0.3) is 0 Å². The van der Waals surface area contributed by atoms with Crippen LogP contribution in [0.25, 0.3) is 88.4 Å². The molecule has 11 aromatic rings. The first-order valence-electron chi connectivity index (χ1n) is 37.6. The van der Waals surface area contributed by atoms with E-state index in [1.54, 1.807) is 22.3 Å². The zero-order valence-corrected chi connectivity index (χ0v) is 57.8. The van der Waals surface area contributed by atoms with Gasteiger partial charge in [0.2, 0.25) is 0 Å². The van der Waals surface area contributed by atoms with Gasteiger partial charge < -0.3 is 13.7 Å². The minimum atomic E-state index is -0.297. The molecule has 0 amide bonds. The number of furan rings is 2. The molecule has 0 saturated carbocycles. The Kier molecular flexibility index (Phi) is 19.0. The molecule has 9 aromatic carbocycles. The van der Waals surface area contributed by atoms with Crippen molar-refractivity contribution in [3.8, 4) is 44.5 Å². The molecular formula is C91H103NO2. The quantitative estimate of drug-likeness (QED) is 0.0394. The number of fused-ring (bicyclic) bond motifs is 17. The molecule has 0 spiro atoms. The van der Waals surface area contributed by atoms with Crippen molar-refractivity contribution in [1.29, 1.82) is 0 Å². The Morgan fingerprint density at radius 3 is 1.32 bits per heavy atom. The summed E-state index contributed by atoms with van der Waals surface area (Å²) in [4.78, 5) is 2.60. The molecule has 2 aromatic heterocycles. The zero-order chi connectivity index (χ0) is 64.2. The monoisotopic (exact) mass is 1240 g/mol. The molecular weight excluding hydrogens is 1140 g/mol. The summed E-state index contributed by atoms with van der Waals surface area (Å²) in [7, 11) is 0. The Bertz CT molecular complexity index is 4400. The lowest BCUT2D eigenvalue weighted by molar-refractivity contribution is 0.394. The van der Waals surface area contributed by atoms with E-state index in [0.717, 1.165) is 40.7 Å². The molecule has 0 atom stereocenters. The molecule has 484 valence electrons. The van der Waals surface area contributed by atoms with E-state index >= 15 is 0 Å². The van der Waals surface area contributed by atoms with Gasteiger partial charge in [-0.05, 0) is 171 Å². The standard InChI is InChI=1S/C91H103NO2/c1-7-11-15-19-23-37-55-90(56-38-24-20-16-12-8-2)75-53-54-83-86(70-45-33-35-47-81(70)93-83)85(75)74-63-78-73(62-79(74)90)68-51-49-67(60-77(68)91(78,57-39-25-21-17-13-9-3)58-40-26-22-18-14-10-4)92(65-43-31-28-32-44-65)66-50-52-69-76(59-66)89(5,6)80-61-72(64-41-29-27-30-42-64)88-87(84(69)80)71-46-34-36-48-82(71)94-88/h27-36,41-54,59-63H,7-26,37-40,55-58H2,1-6H3. The van der Waals surface area contributed by atoms with Crippen molar-refractivity contribution in [3.63, 3.8) is 0 Å². The maximum absolute atomic E-state index is 6.92. The fourth-order valence-corrected chi connectivity index (χ4v) is 18.1. The molecule has 3 nitrogen and oxygen atoms in total. The van der Waals surface area contributed by atoms with E-state index < -0.39 is 0 Å². The topological polar surface area (TPSA) is 29.5 Å². The van der Waals surface area contributed by atoms with E-state index in [4.69, 9.17) is 8.83 Å². The molecule has 0 radical (unpaired) electrons. The number of unbranched alkanes of at least 4 members (excludes halogenated alkanes) is 20. The largest absolute Gasteiger partial charge is 0.456 e. The van der Waals surface area contributed by atoms with Crippen molar-refractivity contribution in [1.82, 2.24) is 0 Å². The molecule has 3 heteroatoms. The third-order valence-electron chi connectivity index (χ3n) is 23.0. The number of hydrogen-bond donors (Lipinski definition) is 0. The van der Waals surface area contributed by atoms with Crippen LogP contribution in [0.4, 0.5) is 17.1 Å². The number of nitrogens with zero attached hydrogens (tertiary/aromatic N) is 1. The van der Waals surface area contributed by atoms with E-state index in [0.29, 0.717) is 0 Å². The second-order valence-electron chi connectivity index (χ2n) is 29.4. The molecule has 94 heavy (non-hydrogen) atoms. The van der Waals surface area contributed by atoms with Crippen LogP contribution in [-0.2, 0) is 16.2 Å². The number of hydrogen-bond acceptors (Lipinski definition) is 3. The maximum Gasteiger partial charge on any atom is 0.143 e. The van der Waals surface area contributed by atoms with Gasteiger partial charge in [0.15, 0.2) is 0 Å². The normalized spacial score (nSPS) is 14.4. The molecule has 0 N–H and O–H groups in total. The Labute approximate surface area is 562 Å². The van der Waals surface area contributed by atoms with Gasteiger partial charge in [-0.1, -0.05) is 299 Å². The summed E-state index contributed by atoms with van der Waals surface area (Å²) in [6, 6.07) is 68.1. The lowest BCUT2D eigenvalue weighted by Gasteiger charge is -2.35. The summed E-state index contributed by atoms with van der Waals surface area (Å²) < 4.78 is 13.8. The lowest BCUT2D eigenvalue weighted by Crippen LogP contribution is -2.27. The summed E-state index contributed by atoms with van der Waals surface area (Å²) in [6.07, 6.45) is 35.7. The predicted molar refractivity (Wildman–Crippen MR) is 403 cm³/mol. The summed E-state index contributed by atoms with van der Waals surface area (Å²) >= 11 is 0. The van der Waals surface area contributed by atoms with E-state index in [-0.39, 0.29) is 16.2 Å². The van der Waals surface area contributed by atoms with Gasteiger partial charge in [-0.15, -0.1) is 0 Å². The van der Waals surface area contributed by atoms with E-state index in [9.17, 15) is 0 Å². The van der Waals surface area contributed by atoms with Crippen LogP contribution in [0.5, 0.6) is 0 Å². The van der Waals surface area contributed by atoms with Crippen LogP contribution >= 0.6 is 0 Å². The van der Waals surface area contributed by atoms with Crippen LogP contribution in [0.15, 0.2) is 185 Å². The molecule has 3 aliphatic carbocycles. The Hall–Kier alpha value is -7.62. The average Bonchev–Trinajstić information content (AvgIpc) is 1.53. The van der Waals surface area contributed by atoms with E-state index in [2.05, 4.69) is 222 Å². The summed E-state index contributed by atoms with van der Waals surface area (Å²) in [6.45, 7) is 14.3. The molecule has 0 fully saturated rings. The highest BCUT2D eigenvalue weighted by atomic mass is 16.3. The van der Waals surface area contributed by atoms with Gasteiger partial charge in [-0.3, -0.25) is 0 Å². The smallest absolute Gasteiger partial charge is 0.143 e. The van der Waals surface area contributed by atoms with Gasteiger partial charge in [-0.2, -0.15) is 0 Å². The molecule has 3 aliphatic rings. The van der Waals surface area contributed by atoms with Crippen molar-refractivity contribution in [2.75, 3.05) is 4.90 Å². The van der Waals surface area contributed by atoms with Crippen LogP contribution < -0.4 is 4.90 Å². The highest BCUT2D eigenvalue weighted by Crippen LogP contribution is 2.64. The van der Waals surface area contributed by atoms with Crippen LogP contribution in [0.1, 0.15) is 255 Å². The highest BCUT2D eigenvalue weighted by molar-refractivity contribution is 6.19. The molecule has 0 bridgehead atoms. The third-order valence-corrected chi connectivity index (χ3v) is 23.0. The van der Waals surface area contributed by atoms with Crippen LogP contribution in [-0.4, -0.2) is 0 Å². The summed E-state index contributed by atoms with van der Waals surface area (Å²) in [5.74, 6) is 0. The van der Waals surface area contributed by atoms with Gasteiger partial charge in [0.05, 0.1) is 0 Å². The van der Waals surface area contributed by atoms with Crippen molar-refractivity contribution in [2.45, 2.75) is 238 Å². The highest BCUT2D eigenvalue weighted by Gasteiger charge is 2.49. The minimum absolute atomic E-state index is 0.0869. The minimum Gasteiger partial charge on any atom is -0.456 e. The fraction of sp³-hybridized carbons (Fsp3) is 0.407. The Morgan fingerprint density at radius 1 is 0.298 bits per heavy atom. The SMILES string of the molecule is CCCCCCCCC1(CCCCCCCC)c2cc(N(c3ccccc3)c3ccc4c(c3)C(C)(C)c3cc(-c5ccccc5)c5oc6ccccc6c5c3-4)ccc2-c2cc3c(cc21)-c1c(ccc2oc4ccccc4c12)C3(CCCCCCCC)CCCCCCCC. The van der Waals surface area contributed by atoms with Crippen LogP contribution in [0.2, 0.25) is 0 Å². The number of rotatable bonds is 32. The third kappa shape index (κ3) is 11.5. The molecule has 14 rings (SSSR count). The fourth-order valence-electron chi connectivity index (χ4n) is 18.1. The van der Waals surface area contributed by atoms with Crippen LogP contribution in [0.3, 0.4) is 0 Å². The second kappa shape index (κ2) is 28.0. The van der Waals surface area contributed by atoms with Crippen molar-refractivity contribution in [2.24, 2.45) is 0 Å². The molecule has 2 heterocycles. The zero-order valence-electron chi connectivity index (χ0n) is 57.8. The first-order chi connectivity index (χ1) is 46.2. The van der Waals surface area contributed by atoms with Crippen molar-refractivity contribution >= 4 is 60.9 Å². The predicted octanol–water partition coefficient (Wildman–Crippen LogP) is 28.5. The summed E-state index contributed by atoms with van der Waals surface area (Å²) in [5.41, 5.74) is 26.9. The lowest BCUT2D eigenvalue weighted by atomic mass is 9.68. The summed E-state index contributed by atoms with van der Waals surface area (Å²) in [5, 5.41) is 4.98. The maximum atomic E-state index is 6.92. The van der Waals surface area contributed by atoms with Gasteiger partial charge in [-0.25, -0.2) is 0 Å². The van der Waals surface area contributed by atoms with Crippen LogP contribution in [0, 0.1) is 0 Å². The van der Waals surface area contributed by atoms with Crippen molar-refractivity contribution in [3.05, 3.63) is 209 Å². The second-order valence-corrected chi connectivity index (χ2v) is 29.4.